The summed E-state index contributed by atoms with van der Waals surface area (Å²) in [5.74, 6) is 1.40. The van der Waals surface area contributed by atoms with E-state index in [-0.39, 0.29) is 5.92 Å². The van der Waals surface area contributed by atoms with Gasteiger partial charge in [0.2, 0.25) is 0 Å². The van der Waals surface area contributed by atoms with Gasteiger partial charge in [-0.2, -0.15) is 10.1 Å². The Bertz CT molecular complexity index is 754. The molecule has 0 aromatic carbocycles. The topological polar surface area (TPSA) is 76.8 Å². The van der Waals surface area contributed by atoms with E-state index in [1.807, 2.05) is 6.07 Å². The second-order valence-electron chi connectivity index (χ2n) is 5.10. The van der Waals surface area contributed by atoms with Crippen molar-refractivity contribution in [3.05, 3.63) is 28.9 Å². The molecule has 21 heavy (non-hydrogen) atoms. The molecule has 0 amide bonds. The molecule has 3 aromatic heterocycles. The fourth-order valence-electron chi connectivity index (χ4n) is 2.38. The maximum atomic E-state index is 5.35. The second-order valence-corrected chi connectivity index (χ2v) is 6.38. The van der Waals surface area contributed by atoms with E-state index in [1.54, 1.807) is 11.3 Å². The minimum absolute atomic E-state index is 0.237. The van der Waals surface area contributed by atoms with Crippen molar-refractivity contribution in [2.45, 2.75) is 19.3 Å². The molecule has 4 heterocycles. The van der Waals surface area contributed by atoms with Crippen LogP contribution < -0.4 is 0 Å². The Morgan fingerprint density at radius 1 is 1.38 bits per heavy atom. The van der Waals surface area contributed by atoms with Gasteiger partial charge in [0.1, 0.15) is 0 Å². The molecule has 108 valence electrons. The molecule has 1 aliphatic rings. The number of ether oxygens (including phenoxy) is 1. The molecule has 4 rings (SSSR count). The summed E-state index contributed by atoms with van der Waals surface area (Å²) in [6, 6.07) is 6.10. The number of aromatic nitrogens is 4. The zero-order valence-corrected chi connectivity index (χ0v) is 12.3. The molecule has 6 nitrogen and oxygen atoms in total. The van der Waals surface area contributed by atoms with Crippen LogP contribution in [0.5, 0.6) is 0 Å². The van der Waals surface area contributed by atoms with Crippen LogP contribution in [-0.4, -0.2) is 33.6 Å². The summed E-state index contributed by atoms with van der Waals surface area (Å²) in [5.41, 5.74) is 1.64. The van der Waals surface area contributed by atoms with Crippen molar-refractivity contribution in [3.63, 3.8) is 0 Å². The standard InChI is InChI=1S/C14H14N4O2S/c1-8-2-3-12(21-8)10-6-11(17-16-10)14-15-13(18-20-14)9-4-5-19-7-9/h2-3,6,9H,4-5,7H2,1H3,(H,16,17). The highest BCUT2D eigenvalue weighted by atomic mass is 32.1. The quantitative estimate of drug-likeness (QED) is 0.804. The van der Waals surface area contributed by atoms with E-state index >= 15 is 0 Å². The predicted octanol–water partition coefficient (Wildman–Crippen LogP) is 3.00. The first kappa shape index (κ1) is 12.7. The third kappa shape index (κ3) is 2.38. The zero-order chi connectivity index (χ0) is 14.2. The lowest BCUT2D eigenvalue weighted by Crippen LogP contribution is -1.99. The number of H-pyrrole nitrogens is 1. The SMILES string of the molecule is Cc1ccc(-c2cc(-c3nc(C4CCOC4)no3)n[nH]2)s1. The van der Waals surface area contributed by atoms with Crippen molar-refractivity contribution in [1.82, 2.24) is 20.3 Å². The Hall–Kier alpha value is -1.99. The molecular formula is C14H14N4O2S. The van der Waals surface area contributed by atoms with Crippen LogP contribution in [0.2, 0.25) is 0 Å². The van der Waals surface area contributed by atoms with Gasteiger partial charge in [0.25, 0.3) is 5.89 Å². The molecule has 0 radical (unpaired) electrons. The summed E-state index contributed by atoms with van der Waals surface area (Å²) in [7, 11) is 0. The van der Waals surface area contributed by atoms with E-state index in [2.05, 4.69) is 39.4 Å². The van der Waals surface area contributed by atoms with E-state index < -0.39 is 0 Å². The third-order valence-corrected chi connectivity index (χ3v) is 4.57. The van der Waals surface area contributed by atoms with Crippen LogP contribution in [0.3, 0.4) is 0 Å². The maximum absolute atomic E-state index is 5.35. The maximum Gasteiger partial charge on any atom is 0.278 e. The van der Waals surface area contributed by atoms with Crippen molar-refractivity contribution in [1.29, 1.82) is 0 Å². The average Bonchev–Trinajstić information content (AvgIpc) is 3.25. The van der Waals surface area contributed by atoms with Crippen molar-refractivity contribution in [3.8, 4) is 22.2 Å². The number of nitrogens with one attached hydrogen (secondary N) is 1. The smallest absolute Gasteiger partial charge is 0.278 e. The molecule has 0 spiro atoms. The molecular weight excluding hydrogens is 288 g/mol. The number of nitrogens with zero attached hydrogens (tertiary/aromatic N) is 3. The molecule has 3 aromatic rings. The number of rotatable bonds is 3. The van der Waals surface area contributed by atoms with Crippen molar-refractivity contribution >= 4 is 11.3 Å². The van der Waals surface area contributed by atoms with Gasteiger partial charge in [0, 0.05) is 17.4 Å². The van der Waals surface area contributed by atoms with E-state index in [9.17, 15) is 0 Å². The Balaban J connectivity index is 1.60. The lowest BCUT2D eigenvalue weighted by atomic mass is 10.1. The summed E-state index contributed by atoms with van der Waals surface area (Å²) in [4.78, 5) is 6.85. The fraction of sp³-hybridized carbons (Fsp3) is 0.357. The Kier molecular flexibility index (Phi) is 3.08. The lowest BCUT2D eigenvalue weighted by Gasteiger charge is -1.97. The number of hydrogen-bond donors (Lipinski definition) is 1. The second kappa shape index (κ2) is 5.09. The van der Waals surface area contributed by atoms with Crippen molar-refractivity contribution in [2.75, 3.05) is 13.2 Å². The van der Waals surface area contributed by atoms with Crippen molar-refractivity contribution < 1.29 is 9.26 Å². The summed E-state index contributed by atoms with van der Waals surface area (Å²) in [6.07, 6.45) is 0.944. The number of aryl methyl sites for hydroxylation is 1. The van der Waals surface area contributed by atoms with Gasteiger partial charge in [-0.15, -0.1) is 11.3 Å². The highest BCUT2D eigenvalue weighted by molar-refractivity contribution is 7.15. The lowest BCUT2D eigenvalue weighted by molar-refractivity contribution is 0.192. The average molecular weight is 302 g/mol. The summed E-state index contributed by atoms with van der Waals surface area (Å²) in [6.45, 7) is 3.51. The summed E-state index contributed by atoms with van der Waals surface area (Å²) >= 11 is 1.72. The molecule has 1 saturated heterocycles. The molecule has 1 fully saturated rings. The highest BCUT2D eigenvalue weighted by Gasteiger charge is 2.24. The minimum Gasteiger partial charge on any atom is -0.381 e. The number of aromatic amines is 1. The highest BCUT2D eigenvalue weighted by Crippen LogP contribution is 2.29. The van der Waals surface area contributed by atoms with Crippen LogP contribution in [0.4, 0.5) is 0 Å². The van der Waals surface area contributed by atoms with E-state index in [4.69, 9.17) is 9.26 Å². The van der Waals surface area contributed by atoms with Crippen LogP contribution in [0.15, 0.2) is 22.7 Å². The Morgan fingerprint density at radius 3 is 3.10 bits per heavy atom. The fourth-order valence-corrected chi connectivity index (χ4v) is 3.21. The first-order valence-electron chi connectivity index (χ1n) is 6.83. The van der Waals surface area contributed by atoms with Crippen molar-refractivity contribution in [2.24, 2.45) is 0 Å². The van der Waals surface area contributed by atoms with Crippen LogP contribution in [-0.2, 0) is 4.74 Å². The molecule has 0 bridgehead atoms. The summed E-state index contributed by atoms with van der Waals surface area (Å²) in [5, 5.41) is 11.3. The van der Waals surface area contributed by atoms with E-state index in [0.29, 0.717) is 24.0 Å². The molecule has 0 aliphatic carbocycles. The molecule has 1 N–H and O–H groups in total. The van der Waals surface area contributed by atoms with Gasteiger partial charge in [0.05, 0.1) is 17.2 Å². The third-order valence-electron chi connectivity index (χ3n) is 3.54. The minimum atomic E-state index is 0.237. The van der Waals surface area contributed by atoms with E-state index in [1.165, 1.54) is 4.88 Å². The monoisotopic (exact) mass is 302 g/mol. The largest absolute Gasteiger partial charge is 0.381 e. The van der Waals surface area contributed by atoms with Gasteiger partial charge in [-0.1, -0.05) is 5.16 Å². The normalized spacial score (nSPS) is 18.4. The van der Waals surface area contributed by atoms with Crippen LogP contribution >= 0.6 is 11.3 Å². The predicted molar refractivity (Wildman–Crippen MR) is 78.1 cm³/mol. The molecule has 1 unspecified atom stereocenters. The van der Waals surface area contributed by atoms with Crippen LogP contribution in [0.25, 0.3) is 22.2 Å². The zero-order valence-electron chi connectivity index (χ0n) is 11.5. The molecule has 0 saturated carbocycles. The van der Waals surface area contributed by atoms with Crippen LogP contribution in [0.1, 0.15) is 23.0 Å². The van der Waals surface area contributed by atoms with Gasteiger partial charge in [-0.05, 0) is 31.5 Å². The van der Waals surface area contributed by atoms with Crippen LogP contribution in [0, 0.1) is 6.92 Å². The van der Waals surface area contributed by atoms with E-state index in [0.717, 1.165) is 23.6 Å². The summed E-state index contributed by atoms with van der Waals surface area (Å²) < 4.78 is 10.7. The number of thiophene rings is 1. The molecule has 7 heteroatoms. The molecule has 1 aliphatic heterocycles. The van der Waals surface area contributed by atoms with Gasteiger partial charge in [-0.3, -0.25) is 5.10 Å². The Labute approximate surface area is 125 Å². The first-order chi connectivity index (χ1) is 10.3. The van der Waals surface area contributed by atoms with Gasteiger partial charge >= 0.3 is 0 Å². The Morgan fingerprint density at radius 2 is 2.33 bits per heavy atom. The van der Waals surface area contributed by atoms with Gasteiger partial charge in [0.15, 0.2) is 11.5 Å². The first-order valence-corrected chi connectivity index (χ1v) is 7.65. The van der Waals surface area contributed by atoms with Gasteiger partial charge < -0.3 is 9.26 Å². The molecule has 1 atom stereocenters. The number of hydrogen-bond acceptors (Lipinski definition) is 6. The van der Waals surface area contributed by atoms with Gasteiger partial charge in [-0.25, -0.2) is 0 Å².